The summed E-state index contributed by atoms with van der Waals surface area (Å²) in [5.41, 5.74) is 1.27. The van der Waals surface area contributed by atoms with Crippen LogP contribution in [0.15, 0.2) is 53.5 Å². The van der Waals surface area contributed by atoms with E-state index in [1.165, 1.54) is 22.9 Å². The van der Waals surface area contributed by atoms with Crippen molar-refractivity contribution in [1.29, 1.82) is 0 Å². The molecule has 2 rings (SSSR count). The fraction of sp³-hybridized carbons (Fsp3) is 0.333. The van der Waals surface area contributed by atoms with E-state index >= 15 is 0 Å². The monoisotopic (exact) mass is 314 g/mol. The second-order valence-electron chi connectivity index (χ2n) is 5.60. The van der Waals surface area contributed by atoms with E-state index in [1.807, 2.05) is 37.3 Å². The fourth-order valence-corrected chi connectivity index (χ4v) is 2.31. The van der Waals surface area contributed by atoms with Crippen LogP contribution in [0, 0.1) is 0 Å². The molecule has 0 spiro atoms. The second kappa shape index (κ2) is 7.74. The molecular weight excluding hydrogens is 292 g/mol. The normalized spacial score (nSPS) is 12.0. The van der Waals surface area contributed by atoms with E-state index in [-0.39, 0.29) is 18.0 Å². The minimum atomic E-state index is -0.574. The van der Waals surface area contributed by atoms with E-state index in [2.05, 4.69) is 0 Å². The summed E-state index contributed by atoms with van der Waals surface area (Å²) >= 11 is 0. The van der Waals surface area contributed by atoms with E-state index in [0.717, 1.165) is 5.56 Å². The maximum atomic E-state index is 12.8. The number of amides is 1. The zero-order chi connectivity index (χ0) is 16.8. The maximum absolute atomic E-state index is 12.8. The Balaban J connectivity index is 2.26. The van der Waals surface area contributed by atoms with E-state index in [9.17, 15) is 14.7 Å². The largest absolute Gasteiger partial charge is 0.391 e. The Morgan fingerprint density at radius 2 is 1.91 bits per heavy atom. The van der Waals surface area contributed by atoms with Crippen molar-refractivity contribution in [1.82, 2.24) is 9.47 Å². The number of benzene rings is 1. The minimum absolute atomic E-state index is 0.162. The number of pyridine rings is 1. The highest BCUT2D eigenvalue weighted by Crippen LogP contribution is 2.11. The van der Waals surface area contributed by atoms with Gasteiger partial charge in [0.25, 0.3) is 5.91 Å². The molecule has 0 aliphatic heterocycles. The number of aliphatic hydroxyl groups excluding tert-OH is 1. The summed E-state index contributed by atoms with van der Waals surface area (Å²) in [6.07, 6.45) is 1.53. The van der Waals surface area contributed by atoms with Crippen molar-refractivity contribution in [2.45, 2.75) is 26.0 Å². The Hall–Kier alpha value is -2.40. The summed E-state index contributed by atoms with van der Waals surface area (Å²) in [6.45, 7) is 2.55. The average Bonchev–Trinajstić information content (AvgIpc) is 2.57. The molecule has 1 unspecified atom stereocenters. The first kappa shape index (κ1) is 17.0. The molecule has 0 saturated heterocycles. The topological polar surface area (TPSA) is 62.5 Å². The average molecular weight is 314 g/mol. The first-order valence-corrected chi connectivity index (χ1v) is 7.69. The van der Waals surface area contributed by atoms with Crippen LogP contribution >= 0.6 is 0 Å². The number of aliphatic hydroxyl groups is 1. The van der Waals surface area contributed by atoms with Gasteiger partial charge in [-0.25, -0.2) is 0 Å². The number of aromatic nitrogens is 1. The Morgan fingerprint density at radius 1 is 1.22 bits per heavy atom. The van der Waals surface area contributed by atoms with Crippen LogP contribution in [-0.4, -0.2) is 33.1 Å². The zero-order valence-electron chi connectivity index (χ0n) is 13.5. The molecule has 5 nitrogen and oxygen atoms in total. The van der Waals surface area contributed by atoms with Gasteiger partial charge in [-0.15, -0.1) is 0 Å². The second-order valence-corrected chi connectivity index (χ2v) is 5.60. The third-order valence-electron chi connectivity index (χ3n) is 3.74. The summed E-state index contributed by atoms with van der Waals surface area (Å²) in [4.78, 5) is 25.9. The SMILES string of the molecule is CCC(O)CN(Cc1ccccc1)C(=O)c1ccc(=O)n(C)c1. The van der Waals surface area contributed by atoms with Gasteiger partial charge in [-0.05, 0) is 18.1 Å². The molecule has 0 aliphatic rings. The number of carbonyl (C=O) groups excluding carboxylic acids is 1. The molecule has 0 aliphatic carbocycles. The lowest BCUT2D eigenvalue weighted by atomic mass is 10.1. The van der Waals surface area contributed by atoms with Crippen LogP contribution in [0.25, 0.3) is 0 Å². The van der Waals surface area contributed by atoms with Crippen LogP contribution in [-0.2, 0) is 13.6 Å². The molecule has 1 aromatic heterocycles. The number of rotatable bonds is 6. The Labute approximate surface area is 135 Å². The summed E-state index contributed by atoms with van der Waals surface area (Å²) < 4.78 is 1.38. The van der Waals surface area contributed by atoms with Crippen molar-refractivity contribution < 1.29 is 9.90 Å². The number of aryl methyl sites for hydroxylation is 1. The van der Waals surface area contributed by atoms with Gasteiger partial charge < -0.3 is 14.6 Å². The van der Waals surface area contributed by atoms with Crippen molar-refractivity contribution in [3.05, 3.63) is 70.1 Å². The highest BCUT2D eigenvalue weighted by atomic mass is 16.3. The molecule has 0 saturated carbocycles. The van der Waals surface area contributed by atoms with Crippen LogP contribution in [0.1, 0.15) is 29.3 Å². The van der Waals surface area contributed by atoms with Gasteiger partial charge in [0.1, 0.15) is 0 Å². The van der Waals surface area contributed by atoms with E-state index in [4.69, 9.17) is 0 Å². The Morgan fingerprint density at radius 3 is 2.52 bits per heavy atom. The maximum Gasteiger partial charge on any atom is 0.255 e. The van der Waals surface area contributed by atoms with Crippen molar-refractivity contribution >= 4 is 5.91 Å². The smallest absolute Gasteiger partial charge is 0.255 e. The Bertz CT molecular complexity index is 710. The van der Waals surface area contributed by atoms with Crippen molar-refractivity contribution in [3.8, 4) is 0 Å². The number of hydrogen-bond donors (Lipinski definition) is 1. The zero-order valence-corrected chi connectivity index (χ0v) is 13.5. The standard InChI is InChI=1S/C18H22N2O3/c1-3-16(21)13-20(11-14-7-5-4-6-8-14)18(23)15-9-10-17(22)19(2)12-15/h4-10,12,16,21H,3,11,13H2,1-2H3. The number of carbonyl (C=O) groups is 1. The van der Waals surface area contributed by atoms with Gasteiger partial charge >= 0.3 is 0 Å². The summed E-state index contributed by atoms with van der Waals surface area (Å²) in [6, 6.07) is 12.5. The van der Waals surface area contributed by atoms with E-state index in [0.29, 0.717) is 18.5 Å². The lowest BCUT2D eigenvalue weighted by Crippen LogP contribution is -2.37. The molecule has 2 aromatic rings. The van der Waals surface area contributed by atoms with Crippen LogP contribution in [0.4, 0.5) is 0 Å². The molecule has 1 heterocycles. The van der Waals surface area contributed by atoms with Gasteiger partial charge in [0.2, 0.25) is 5.56 Å². The third-order valence-corrected chi connectivity index (χ3v) is 3.74. The van der Waals surface area contributed by atoms with Crippen LogP contribution < -0.4 is 5.56 Å². The first-order chi connectivity index (χ1) is 11.0. The highest BCUT2D eigenvalue weighted by Gasteiger charge is 2.19. The van der Waals surface area contributed by atoms with Crippen molar-refractivity contribution in [2.24, 2.45) is 7.05 Å². The van der Waals surface area contributed by atoms with Crippen LogP contribution in [0.5, 0.6) is 0 Å². The van der Waals surface area contributed by atoms with Gasteiger partial charge in [0, 0.05) is 32.4 Å². The van der Waals surface area contributed by atoms with Crippen LogP contribution in [0.3, 0.4) is 0 Å². The molecular formula is C18H22N2O3. The highest BCUT2D eigenvalue weighted by molar-refractivity contribution is 5.93. The van der Waals surface area contributed by atoms with E-state index in [1.54, 1.807) is 11.9 Å². The molecule has 0 fully saturated rings. The van der Waals surface area contributed by atoms with Crippen molar-refractivity contribution in [2.75, 3.05) is 6.54 Å². The summed E-state index contributed by atoms with van der Waals surface area (Å²) in [5, 5.41) is 9.95. The van der Waals surface area contributed by atoms with Crippen molar-refractivity contribution in [3.63, 3.8) is 0 Å². The summed E-state index contributed by atoms with van der Waals surface area (Å²) in [5.74, 6) is -0.197. The van der Waals surface area contributed by atoms with Crippen LogP contribution in [0.2, 0.25) is 0 Å². The molecule has 1 amide bonds. The van der Waals surface area contributed by atoms with Gasteiger partial charge in [-0.2, -0.15) is 0 Å². The number of nitrogens with zero attached hydrogens (tertiary/aromatic N) is 2. The molecule has 1 aromatic carbocycles. The molecule has 1 atom stereocenters. The van der Waals surface area contributed by atoms with Gasteiger partial charge in [-0.1, -0.05) is 37.3 Å². The molecule has 0 radical (unpaired) electrons. The predicted molar refractivity (Wildman–Crippen MR) is 89.2 cm³/mol. The predicted octanol–water partition coefficient (Wildman–Crippen LogP) is 1.80. The quantitative estimate of drug-likeness (QED) is 0.884. The lowest BCUT2D eigenvalue weighted by molar-refractivity contribution is 0.0598. The number of hydrogen-bond acceptors (Lipinski definition) is 3. The molecule has 122 valence electrons. The van der Waals surface area contributed by atoms with E-state index < -0.39 is 6.10 Å². The van der Waals surface area contributed by atoms with Gasteiger partial charge in [0.05, 0.1) is 11.7 Å². The summed E-state index contributed by atoms with van der Waals surface area (Å²) in [7, 11) is 1.61. The van der Waals surface area contributed by atoms with Gasteiger partial charge in [-0.3, -0.25) is 9.59 Å². The minimum Gasteiger partial charge on any atom is -0.391 e. The fourth-order valence-electron chi connectivity index (χ4n) is 2.31. The Kier molecular flexibility index (Phi) is 5.71. The molecule has 0 bridgehead atoms. The molecule has 23 heavy (non-hydrogen) atoms. The first-order valence-electron chi connectivity index (χ1n) is 7.69. The third kappa shape index (κ3) is 4.53. The van der Waals surface area contributed by atoms with Gasteiger partial charge in [0.15, 0.2) is 0 Å². The molecule has 1 N–H and O–H groups in total. The molecule has 5 heteroatoms. The lowest BCUT2D eigenvalue weighted by Gasteiger charge is -2.25.